The predicted octanol–water partition coefficient (Wildman–Crippen LogP) is 4.81. The molecule has 1 amide bonds. The van der Waals surface area contributed by atoms with Crippen LogP contribution in [0.2, 0.25) is 0 Å². The maximum Gasteiger partial charge on any atom is 0.405 e. The van der Waals surface area contributed by atoms with E-state index in [1.165, 1.54) is 21.9 Å². The Bertz CT molecular complexity index is 881. The summed E-state index contributed by atoms with van der Waals surface area (Å²) < 4.78 is 51.3. The lowest BCUT2D eigenvalue weighted by molar-refractivity contribution is -0.136. The first-order chi connectivity index (χ1) is 15.0. The summed E-state index contributed by atoms with van der Waals surface area (Å²) in [5.41, 5.74) is 0.976. The average Bonchev–Trinajstić information content (AvgIpc) is 2.72. The van der Waals surface area contributed by atoms with Crippen LogP contribution in [0.3, 0.4) is 0 Å². The van der Waals surface area contributed by atoms with Crippen molar-refractivity contribution in [2.75, 3.05) is 36.6 Å². The molecule has 2 rings (SSSR count). The van der Waals surface area contributed by atoms with E-state index in [4.69, 9.17) is 9.47 Å². The van der Waals surface area contributed by atoms with Gasteiger partial charge in [0.15, 0.2) is 5.75 Å². The summed E-state index contributed by atoms with van der Waals surface area (Å²) in [4.78, 5) is 28.1. The number of carbonyl (C=O) groups excluding carboxylic acids is 2. The van der Waals surface area contributed by atoms with Crippen LogP contribution in [0.5, 0.6) is 5.75 Å². The highest BCUT2D eigenvalue weighted by Gasteiger charge is 2.39. The van der Waals surface area contributed by atoms with E-state index in [2.05, 4.69) is 0 Å². The van der Waals surface area contributed by atoms with E-state index in [0.717, 1.165) is 0 Å². The number of nitrogens with zero attached hydrogens (tertiary/aromatic N) is 2. The largest absolute Gasteiger partial charge is 0.489 e. The minimum atomic E-state index is -4.42. The summed E-state index contributed by atoms with van der Waals surface area (Å²) in [5, 5.41) is 0. The average molecular weight is 457 g/mol. The number of fused-ring (bicyclic) bond motifs is 1. The minimum absolute atomic E-state index is 0.0255. The summed E-state index contributed by atoms with van der Waals surface area (Å²) in [6.45, 7) is 7.57. The Balaban J connectivity index is 2.77. The van der Waals surface area contributed by atoms with Gasteiger partial charge in [0, 0.05) is 13.0 Å². The van der Waals surface area contributed by atoms with Gasteiger partial charge in [0.1, 0.15) is 13.2 Å². The van der Waals surface area contributed by atoms with Crippen LogP contribution in [0.25, 0.3) is 5.57 Å². The molecule has 0 unspecified atom stereocenters. The lowest BCUT2D eigenvalue weighted by atomic mass is 9.97. The molecule has 0 aromatic heterocycles. The van der Waals surface area contributed by atoms with Crippen LogP contribution in [0.4, 0.5) is 24.5 Å². The molecule has 0 saturated carbocycles. The van der Waals surface area contributed by atoms with Crippen molar-refractivity contribution in [3.05, 3.63) is 23.8 Å². The van der Waals surface area contributed by atoms with Crippen molar-refractivity contribution in [3.8, 4) is 5.75 Å². The zero-order valence-electron chi connectivity index (χ0n) is 19.4. The van der Waals surface area contributed by atoms with Crippen molar-refractivity contribution in [1.82, 2.24) is 0 Å². The predicted molar refractivity (Wildman–Crippen MR) is 118 cm³/mol. The van der Waals surface area contributed by atoms with E-state index in [0.29, 0.717) is 12.1 Å². The summed E-state index contributed by atoms with van der Waals surface area (Å²) in [6, 6.07) is 2.60. The third-order valence-corrected chi connectivity index (χ3v) is 5.35. The van der Waals surface area contributed by atoms with Crippen molar-refractivity contribution in [3.63, 3.8) is 0 Å². The lowest BCUT2D eigenvalue weighted by Crippen LogP contribution is -2.47. The van der Waals surface area contributed by atoms with E-state index in [1.807, 2.05) is 0 Å². The number of esters is 1. The van der Waals surface area contributed by atoms with Gasteiger partial charge in [0.05, 0.1) is 35.2 Å². The molecule has 32 heavy (non-hydrogen) atoms. The summed E-state index contributed by atoms with van der Waals surface area (Å²) in [7, 11) is 1.57. The van der Waals surface area contributed by atoms with Gasteiger partial charge < -0.3 is 19.3 Å². The summed E-state index contributed by atoms with van der Waals surface area (Å²) in [6.07, 6.45) is -2.45. The first kappa shape index (κ1) is 25.5. The molecule has 0 fully saturated rings. The van der Waals surface area contributed by atoms with Crippen LogP contribution in [0, 0.1) is 5.92 Å². The number of ether oxygens (including phenoxy) is 2. The molecule has 0 aliphatic carbocycles. The molecule has 9 heteroatoms. The third kappa shape index (κ3) is 5.37. The summed E-state index contributed by atoms with van der Waals surface area (Å²) in [5.74, 6) is -1.04. The first-order valence-electron chi connectivity index (χ1n) is 10.7. The molecule has 1 aromatic rings. The molecule has 6 nitrogen and oxygen atoms in total. The van der Waals surface area contributed by atoms with E-state index in [9.17, 15) is 22.8 Å². The Labute approximate surface area is 187 Å². The molecular weight excluding hydrogens is 425 g/mol. The Hall–Kier alpha value is -2.71. The molecule has 1 aliphatic rings. The van der Waals surface area contributed by atoms with Crippen LogP contribution >= 0.6 is 0 Å². The zero-order chi connectivity index (χ0) is 24.2. The molecule has 0 bridgehead atoms. The minimum Gasteiger partial charge on any atom is -0.489 e. The zero-order valence-corrected chi connectivity index (χ0v) is 19.4. The third-order valence-electron chi connectivity index (χ3n) is 5.35. The number of alkyl halides is 3. The van der Waals surface area contributed by atoms with Gasteiger partial charge in [-0.2, -0.15) is 13.2 Å². The van der Waals surface area contributed by atoms with Gasteiger partial charge in [0.2, 0.25) is 5.91 Å². The Morgan fingerprint density at radius 2 is 1.97 bits per heavy atom. The van der Waals surface area contributed by atoms with Crippen LogP contribution < -0.4 is 14.5 Å². The SMILES string of the molecule is CC=C(C(=O)OCC)c1c(N(C)C(=O)C(C)C)ccc2c1OC[C@@H](CC)N2CC(F)(F)F. The second kappa shape index (κ2) is 10.3. The Morgan fingerprint density at radius 1 is 1.31 bits per heavy atom. The maximum absolute atomic E-state index is 13.4. The topological polar surface area (TPSA) is 59.1 Å². The Kier molecular flexibility index (Phi) is 8.20. The van der Waals surface area contributed by atoms with Crippen molar-refractivity contribution in [2.45, 2.75) is 53.3 Å². The van der Waals surface area contributed by atoms with Crippen molar-refractivity contribution in [1.29, 1.82) is 0 Å². The fourth-order valence-corrected chi connectivity index (χ4v) is 3.76. The van der Waals surface area contributed by atoms with Crippen LogP contribution in [-0.2, 0) is 14.3 Å². The smallest absolute Gasteiger partial charge is 0.405 e. The highest BCUT2D eigenvalue weighted by atomic mass is 19.4. The van der Waals surface area contributed by atoms with Gasteiger partial charge in [-0.3, -0.25) is 4.79 Å². The number of halogens is 3. The fourth-order valence-electron chi connectivity index (χ4n) is 3.76. The van der Waals surface area contributed by atoms with E-state index in [1.54, 1.807) is 47.7 Å². The number of anilines is 2. The highest BCUT2D eigenvalue weighted by molar-refractivity contribution is 6.20. The fraction of sp³-hybridized carbons (Fsp3) is 0.565. The van der Waals surface area contributed by atoms with Crippen molar-refractivity contribution < 1.29 is 32.2 Å². The molecule has 0 saturated heterocycles. The van der Waals surface area contributed by atoms with E-state index in [-0.39, 0.29) is 47.6 Å². The molecule has 1 aromatic carbocycles. The molecular formula is C23H31F3N2O4. The van der Waals surface area contributed by atoms with Crippen LogP contribution in [0.15, 0.2) is 18.2 Å². The van der Waals surface area contributed by atoms with Gasteiger partial charge >= 0.3 is 12.1 Å². The van der Waals surface area contributed by atoms with Gasteiger partial charge in [-0.15, -0.1) is 0 Å². The quantitative estimate of drug-likeness (QED) is 0.435. The van der Waals surface area contributed by atoms with Crippen LogP contribution in [-0.4, -0.2) is 50.9 Å². The second-order valence-electron chi connectivity index (χ2n) is 7.90. The van der Waals surface area contributed by atoms with Gasteiger partial charge in [-0.1, -0.05) is 26.8 Å². The molecule has 0 spiro atoms. The van der Waals surface area contributed by atoms with Gasteiger partial charge in [-0.25, -0.2) is 4.79 Å². The number of allylic oxidation sites excluding steroid dienone is 1. The number of benzene rings is 1. The summed E-state index contributed by atoms with van der Waals surface area (Å²) >= 11 is 0. The molecule has 1 aliphatic heterocycles. The van der Waals surface area contributed by atoms with Gasteiger partial charge in [-0.05, 0) is 32.4 Å². The molecule has 178 valence electrons. The molecule has 0 radical (unpaired) electrons. The number of hydrogen-bond donors (Lipinski definition) is 0. The van der Waals surface area contributed by atoms with Gasteiger partial charge in [0.25, 0.3) is 0 Å². The number of rotatable bonds is 7. The second-order valence-corrected chi connectivity index (χ2v) is 7.90. The number of carbonyl (C=O) groups is 2. The Morgan fingerprint density at radius 3 is 2.47 bits per heavy atom. The van der Waals surface area contributed by atoms with Crippen molar-refractivity contribution in [2.24, 2.45) is 5.92 Å². The molecule has 1 heterocycles. The molecule has 0 N–H and O–H groups in total. The lowest BCUT2D eigenvalue weighted by Gasteiger charge is -2.40. The standard InChI is InChI=1S/C23H31F3N2O4/c1-7-15-12-32-20-18(28(15)13-23(24,25)26)11-10-17(27(6)21(29)14(4)5)19(20)16(8-2)22(30)31-9-3/h8,10-11,14-15H,7,9,12-13H2,1-6H3/t15-/m1/s1. The van der Waals surface area contributed by atoms with E-state index >= 15 is 0 Å². The van der Waals surface area contributed by atoms with E-state index < -0.39 is 24.7 Å². The maximum atomic E-state index is 13.4. The monoisotopic (exact) mass is 456 g/mol. The number of amides is 1. The normalized spacial score (nSPS) is 16.5. The van der Waals surface area contributed by atoms with Crippen LogP contribution in [0.1, 0.15) is 46.6 Å². The number of hydrogen-bond acceptors (Lipinski definition) is 5. The first-order valence-corrected chi connectivity index (χ1v) is 10.7. The molecule has 1 atom stereocenters. The van der Waals surface area contributed by atoms with Crippen molar-refractivity contribution >= 4 is 28.8 Å². The highest BCUT2D eigenvalue weighted by Crippen LogP contribution is 2.46.